The third kappa shape index (κ3) is 6.24. The number of para-hydroxylation sites is 1. The van der Waals surface area contributed by atoms with E-state index < -0.39 is 52.4 Å². The Morgan fingerprint density at radius 2 is 2.00 bits per heavy atom. The molecule has 0 aliphatic carbocycles. The molecule has 0 bridgehead atoms. The molecule has 0 spiro atoms. The van der Waals surface area contributed by atoms with Gasteiger partial charge in [-0.15, -0.1) is 22.9 Å². The molecule has 1 unspecified atom stereocenters. The zero-order valence-corrected chi connectivity index (χ0v) is 16.5. The third-order valence-electron chi connectivity index (χ3n) is 3.52. The van der Waals surface area contributed by atoms with Crippen molar-refractivity contribution in [2.24, 2.45) is 0 Å². The minimum atomic E-state index is -4.86. The number of nitrogens with zero attached hydrogens (tertiary/aromatic N) is 1. The van der Waals surface area contributed by atoms with Crippen LogP contribution in [0.25, 0.3) is 0 Å². The highest BCUT2D eigenvalue weighted by Gasteiger charge is 2.36. The molecule has 0 aliphatic rings. The van der Waals surface area contributed by atoms with Crippen LogP contribution in [0.15, 0.2) is 29.8 Å². The number of thiazole rings is 1. The van der Waals surface area contributed by atoms with Gasteiger partial charge in [0.2, 0.25) is 11.8 Å². The number of rotatable bonds is 8. The van der Waals surface area contributed by atoms with Gasteiger partial charge in [-0.3, -0.25) is 14.4 Å². The molecule has 156 valence electrons. The molecule has 1 aromatic heterocycles. The van der Waals surface area contributed by atoms with Gasteiger partial charge in [0.05, 0.1) is 24.3 Å². The summed E-state index contributed by atoms with van der Waals surface area (Å²) in [7, 11) is 1.27. The molecule has 2 aromatic rings. The number of hydrogen-bond acceptors (Lipinski definition) is 6. The molecular formula is C17H15ClF3N3O4S. The molecule has 12 heteroatoms. The third-order valence-corrected chi connectivity index (χ3v) is 4.53. The fourth-order valence-electron chi connectivity index (χ4n) is 2.27. The van der Waals surface area contributed by atoms with E-state index in [0.29, 0.717) is 6.07 Å². The fraction of sp³-hybridized carbons (Fsp3) is 0.294. The summed E-state index contributed by atoms with van der Waals surface area (Å²) < 4.78 is 44.9. The number of amides is 2. The number of carbonyl (C=O) groups excluding carboxylic acids is 3. The average molecular weight is 450 g/mol. The number of methoxy groups -OCH3 is 1. The lowest BCUT2D eigenvalue weighted by Gasteiger charge is -2.18. The van der Waals surface area contributed by atoms with Crippen LogP contribution in [0.2, 0.25) is 0 Å². The molecule has 0 fully saturated rings. The normalized spacial score (nSPS) is 12.3. The van der Waals surface area contributed by atoms with Crippen LogP contribution in [0.1, 0.15) is 22.3 Å². The lowest BCUT2D eigenvalue weighted by atomic mass is 10.0. The second-order valence-electron chi connectivity index (χ2n) is 5.62. The molecule has 2 N–H and O–H groups in total. The number of Topliss-reactive ketones (excluding diaryl/α,β-unsaturated/α-hetero) is 1. The maximum Gasteiger partial charge on any atom is 0.418 e. The van der Waals surface area contributed by atoms with Gasteiger partial charge in [-0.2, -0.15) is 13.2 Å². The predicted molar refractivity (Wildman–Crippen MR) is 101 cm³/mol. The van der Waals surface area contributed by atoms with Crippen LogP contribution >= 0.6 is 22.9 Å². The van der Waals surface area contributed by atoms with Crippen molar-refractivity contribution in [2.75, 3.05) is 24.4 Å². The summed E-state index contributed by atoms with van der Waals surface area (Å²) in [4.78, 5) is 40.4. The van der Waals surface area contributed by atoms with Crippen LogP contribution in [-0.4, -0.2) is 41.7 Å². The van der Waals surface area contributed by atoms with Gasteiger partial charge in [-0.25, -0.2) is 4.98 Å². The van der Waals surface area contributed by atoms with Crippen molar-refractivity contribution in [1.29, 1.82) is 0 Å². The summed E-state index contributed by atoms with van der Waals surface area (Å²) in [6, 6.07) is 2.81. The molecule has 2 rings (SSSR count). The highest BCUT2D eigenvalue weighted by atomic mass is 35.5. The van der Waals surface area contributed by atoms with Gasteiger partial charge in [0.25, 0.3) is 0 Å². The van der Waals surface area contributed by atoms with E-state index in [1.54, 1.807) is 5.38 Å². The molecule has 1 aromatic carbocycles. The smallest absolute Gasteiger partial charge is 0.383 e. The summed E-state index contributed by atoms with van der Waals surface area (Å²) in [5.41, 5.74) is -2.47. The van der Waals surface area contributed by atoms with E-state index >= 15 is 0 Å². The molecular weight excluding hydrogens is 435 g/mol. The minimum absolute atomic E-state index is 0.241. The Hall–Kier alpha value is -2.50. The maximum atomic E-state index is 13.4. The molecule has 1 atom stereocenters. The standard InChI is InChI=1S/C17H15ClF3N3O4S/c1-28-8-11(18)15(27)24-14-9(3-2-4-10(14)17(19,20)21)12(25)7-13(26)23-16-22-5-6-29-16/h2-6,11H,7-8H2,1H3,(H,24,27)(H,22,23,26). The van der Waals surface area contributed by atoms with Crippen molar-refractivity contribution in [3.63, 3.8) is 0 Å². The predicted octanol–water partition coefficient (Wildman–Crippen LogP) is 3.57. The Morgan fingerprint density at radius 1 is 1.28 bits per heavy atom. The second-order valence-corrected chi connectivity index (χ2v) is 7.04. The Morgan fingerprint density at radius 3 is 2.59 bits per heavy atom. The first kappa shape index (κ1) is 22.8. The Kier molecular flexibility index (Phi) is 7.71. The van der Waals surface area contributed by atoms with Gasteiger partial charge >= 0.3 is 6.18 Å². The Bertz CT molecular complexity index is 891. The van der Waals surface area contributed by atoms with Crippen molar-refractivity contribution >= 4 is 51.4 Å². The van der Waals surface area contributed by atoms with E-state index in [0.717, 1.165) is 23.5 Å². The number of ketones is 1. The van der Waals surface area contributed by atoms with Gasteiger partial charge < -0.3 is 15.4 Å². The van der Waals surface area contributed by atoms with Crippen molar-refractivity contribution in [1.82, 2.24) is 4.98 Å². The van der Waals surface area contributed by atoms with E-state index in [-0.39, 0.29) is 11.7 Å². The number of benzene rings is 1. The first-order valence-corrected chi connectivity index (χ1v) is 9.31. The van der Waals surface area contributed by atoms with E-state index in [9.17, 15) is 27.6 Å². The fourth-order valence-corrected chi connectivity index (χ4v) is 2.99. The number of alkyl halides is 4. The monoisotopic (exact) mass is 449 g/mol. The molecule has 2 amide bonds. The molecule has 1 heterocycles. The Labute approximate surface area is 172 Å². The Balaban J connectivity index is 2.31. The minimum Gasteiger partial charge on any atom is -0.383 e. The summed E-state index contributed by atoms with van der Waals surface area (Å²) in [6.07, 6.45) is -4.16. The number of halogens is 4. The number of aromatic nitrogens is 1. The quantitative estimate of drug-likeness (QED) is 0.365. The molecule has 0 radical (unpaired) electrons. The van der Waals surface area contributed by atoms with Gasteiger partial charge in [0.1, 0.15) is 5.38 Å². The van der Waals surface area contributed by atoms with Crippen LogP contribution in [0.5, 0.6) is 0 Å². The highest BCUT2D eigenvalue weighted by molar-refractivity contribution is 7.13. The van der Waals surface area contributed by atoms with Crippen molar-refractivity contribution < 1.29 is 32.3 Å². The van der Waals surface area contributed by atoms with Crippen molar-refractivity contribution in [2.45, 2.75) is 18.0 Å². The van der Waals surface area contributed by atoms with Crippen LogP contribution in [0.3, 0.4) is 0 Å². The summed E-state index contributed by atoms with van der Waals surface area (Å²) in [6.45, 7) is -0.249. The molecule has 29 heavy (non-hydrogen) atoms. The van der Waals surface area contributed by atoms with Crippen molar-refractivity contribution in [3.8, 4) is 0 Å². The number of ether oxygens (including phenoxy) is 1. The van der Waals surface area contributed by atoms with Crippen LogP contribution in [0.4, 0.5) is 24.0 Å². The van der Waals surface area contributed by atoms with Crippen LogP contribution in [-0.2, 0) is 20.5 Å². The zero-order valence-electron chi connectivity index (χ0n) is 14.9. The van der Waals surface area contributed by atoms with Crippen molar-refractivity contribution in [3.05, 3.63) is 40.9 Å². The first-order chi connectivity index (χ1) is 13.6. The molecule has 7 nitrogen and oxygen atoms in total. The van der Waals surface area contributed by atoms with Gasteiger partial charge in [-0.05, 0) is 12.1 Å². The zero-order chi connectivity index (χ0) is 21.6. The average Bonchev–Trinajstić information content (AvgIpc) is 3.13. The van der Waals surface area contributed by atoms with Crippen LogP contribution in [0, 0.1) is 0 Å². The molecule has 0 saturated carbocycles. The number of hydrogen-bond donors (Lipinski definition) is 2. The number of anilines is 2. The van der Waals surface area contributed by atoms with E-state index in [1.165, 1.54) is 13.3 Å². The SMILES string of the molecule is COCC(Cl)C(=O)Nc1c(C(=O)CC(=O)Nc2nccs2)cccc1C(F)(F)F. The van der Waals surface area contributed by atoms with E-state index in [2.05, 4.69) is 10.3 Å². The molecule has 0 aliphatic heterocycles. The van der Waals surface area contributed by atoms with E-state index in [4.69, 9.17) is 16.3 Å². The van der Waals surface area contributed by atoms with Gasteiger partial charge in [0.15, 0.2) is 10.9 Å². The highest BCUT2D eigenvalue weighted by Crippen LogP contribution is 2.37. The lowest BCUT2D eigenvalue weighted by molar-refractivity contribution is -0.137. The lowest BCUT2D eigenvalue weighted by Crippen LogP contribution is -2.29. The first-order valence-electron chi connectivity index (χ1n) is 8.00. The summed E-state index contributed by atoms with van der Waals surface area (Å²) in [5.74, 6) is -2.65. The van der Waals surface area contributed by atoms with Gasteiger partial charge in [0, 0.05) is 24.3 Å². The maximum absolute atomic E-state index is 13.4. The summed E-state index contributed by atoms with van der Waals surface area (Å²) >= 11 is 6.88. The summed E-state index contributed by atoms with van der Waals surface area (Å²) in [5, 5.41) is 4.96. The van der Waals surface area contributed by atoms with Gasteiger partial charge in [-0.1, -0.05) is 6.07 Å². The topological polar surface area (TPSA) is 97.4 Å². The second kappa shape index (κ2) is 9.81. The number of carbonyl (C=O) groups is 3. The van der Waals surface area contributed by atoms with E-state index in [1.807, 2.05) is 5.32 Å². The number of nitrogens with one attached hydrogen (secondary N) is 2. The molecule has 0 saturated heterocycles. The van der Waals surface area contributed by atoms with Crippen LogP contribution < -0.4 is 10.6 Å². The largest absolute Gasteiger partial charge is 0.418 e.